The third-order valence-electron chi connectivity index (χ3n) is 2.69. The van der Waals surface area contributed by atoms with Crippen LogP contribution >= 0.6 is 0 Å². The van der Waals surface area contributed by atoms with E-state index < -0.39 is 10.0 Å². The van der Waals surface area contributed by atoms with Crippen LogP contribution in [0.3, 0.4) is 0 Å². The van der Waals surface area contributed by atoms with Crippen LogP contribution in [0.4, 0.5) is 0 Å². The molecule has 0 saturated carbocycles. The molecule has 7 heteroatoms. The van der Waals surface area contributed by atoms with Crippen LogP contribution in [0, 0.1) is 6.92 Å². The number of furan rings is 1. The summed E-state index contributed by atoms with van der Waals surface area (Å²) in [7, 11) is -1.88. The van der Waals surface area contributed by atoms with Gasteiger partial charge in [0.25, 0.3) is 10.0 Å². The highest BCUT2D eigenvalue weighted by Gasteiger charge is 2.18. The Kier molecular flexibility index (Phi) is 4.53. The molecule has 2 rings (SSSR count). The van der Waals surface area contributed by atoms with E-state index in [1.807, 2.05) is 19.1 Å². The van der Waals surface area contributed by atoms with Crippen molar-refractivity contribution in [1.29, 1.82) is 0 Å². The highest BCUT2D eigenvalue weighted by atomic mass is 32.2. The van der Waals surface area contributed by atoms with Gasteiger partial charge in [0.1, 0.15) is 5.76 Å². The van der Waals surface area contributed by atoms with Crippen LogP contribution in [-0.2, 0) is 23.1 Å². The van der Waals surface area contributed by atoms with E-state index in [0.717, 1.165) is 11.3 Å². The Morgan fingerprint density at radius 1 is 1.20 bits per heavy atom. The van der Waals surface area contributed by atoms with E-state index in [0.29, 0.717) is 12.3 Å². The molecule has 0 radical (unpaired) electrons. The molecule has 0 bridgehead atoms. The average molecular weight is 295 g/mol. The van der Waals surface area contributed by atoms with Gasteiger partial charge in [0.05, 0.1) is 6.54 Å². The van der Waals surface area contributed by atoms with Crippen LogP contribution in [0.5, 0.6) is 0 Å². The number of pyridine rings is 1. The van der Waals surface area contributed by atoms with E-state index in [-0.39, 0.29) is 11.6 Å². The molecule has 0 fully saturated rings. The first-order chi connectivity index (χ1) is 9.51. The summed E-state index contributed by atoms with van der Waals surface area (Å²) >= 11 is 0. The molecular weight excluding hydrogens is 278 g/mol. The number of aryl methyl sites for hydroxylation is 1. The highest BCUT2D eigenvalue weighted by molar-refractivity contribution is 7.89. The maximum atomic E-state index is 12.0. The third-order valence-corrected chi connectivity index (χ3v) is 3.97. The minimum atomic E-state index is -3.64. The van der Waals surface area contributed by atoms with E-state index in [2.05, 4.69) is 15.0 Å². The van der Waals surface area contributed by atoms with Crippen LogP contribution in [-0.4, -0.2) is 20.4 Å². The maximum Gasteiger partial charge on any atom is 0.274 e. The van der Waals surface area contributed by atoms with Crippen molar-refractivity contribution in [2.45, 2.75) is 25.1 Å². The lowest BCUT2D eigenvalue weighted by Crippen LogP contribution is -2.22. The van der Waals surface area contributed by atoms with Crippen molar-refractivity contribution in [3.05, 3.63) is 47.5 Å². The maximum absolute atomic E-state index is 12.0. The van der Waals surface area contributed by atoms with Gasteiger partial charge < -0.3 is 9.73 Å². The number of hydrogen-bond acceptors (Lipinski definition) is 5. The van der Waals surface area contributed by atoms with Crippen molar-refractivity contribution in [2.75, 3.05) is 7.05 Å². The molecule has 0 unspecified atom stereocenters. The topological polar surface area (TPSA) is 84.2 Å². The summed E-state index contributed by atoms with van der Waals surface area (Å²) < 4.78 is 31.8. The molecular formula is C13H17N3O3S. The summed E-state index contributed by atoms with van der Waals surface area (Å²) in [5.74, 6) is 0.574. The normalized spacial score (nSPS) is 11.7. The molecule has 6 nitrogen and oxygen atoms in total. The summed E-state index contributed by atoms with van der Waals surface area (Å²) in [4.78, 5) is 4.11. The first kappa shape index (κ1) is 14.7. The number of rotatable bonds is 6. The molecule has 2 heterocycles. The van der Waals surface area contributed by atoms with Gasteiger partial charge in [0, 0.05) is 18.4 Å². The zero-order chi connectivity index (χ0) is 14.6. The summed E-state index contributed by atoms with van der Waals surface area (Å²) in [6.07, 6.45) is 1.65. The molecule has 2 aromatic rings. The smallest absolute Gasteiger partial charge is 0.274 e. The number of sulfonamides is 1. The summed E-state index contributed by atoms with van der Waals surface area (Å²) in [5.41, 5.74) is 1.68. The standard InChI is InChI=1S/C13H17N3O3S/c1-10-3-4-11(7-15-10)8-16-20(17,18)13-6-5-12(19-13)9-14-2/h3-7,14,16H,8-9H2,1-2H3. The lowest BCUT2D eigenvalue weighted by Gasteiger charge is -2.04. The molecule has 0 aliphatic heterocycles. The first-order valence-electron chi connectivity index (χ1n) is 6.16. The van der Waals surface area contributed by atoms with E-state index in [1.165, 1.54) is 6.07 Å². The van der Waals surface area contributed by atoms with Gasteiger partial charge >= 0.3 is 0 Å². The fraction of sp³-hybridized carbons (Fsp3) is 0.308. The van der Waals surface area contributed by atoms with E-state index in [4.69, 9.17) is 4.42 Å². The van der Waals surface area contributed by atoms with Crippen molar-refractivity contribution >= 4 is 10.0 Å². The van der Waals surface area contributed by atoms with Crippen LogP contribution < -0.4 is 10.0 Å². The third kappa shape index (κ3) is 3.66. The van der Waals surface area contributed by atoms with Crippen LogP contribution in [0.2, 0.25) is 0 Å². The van der Waals surface area contributed by atoms with Crippen LogP contribution in [0.1, 0.15) is 17.0 Å². The van der Waals surface area contributed by atoms with Gasteiger partial charge in [0.2, 0.25) is 5.09 Å². The molecule has 0 spiro atoms. The van der Waals surface area contributed by atoms with Crippen LogP contribution in [0.15, 0.2) is 40.0 Å². The van der Waals surface area contributed by atoms with Crippen molar-refractivity contribution in [3.8, 4) is 0 Å². The second kappa shape index (κ2) is 6.17. The number of nitrogens with zero attached hydrogens (tertiary/aromatic N) is 1. The Bertz CT molecular complexity index is 662. The Labute approximate surface area is 118 Å². The quantitative estimate of drug-likeness (QED) is 0.836. The first-order valence-corrected chi connectivity index (χ1v) is 7.64. The zero-order valence-electron chi connectivity index (χ0n) is 11.4. The van der Waals surface area contributed by atoms with E-state index in [9.17, 15) is 8.42 Å². The molecule has 0 amide bonds. The second-order valence-corrected chi connectivity index (χ2v) is 6.08. The van der Waals surface area contributed by atoms with Gasteiger partial charge in [-0.05, 0) is 37.7 Å². The summed E-state index contributed by atoms with van der Waals surface area (Å²) in [5, 5.41) is 2.81. The van der Waals surface area contributed by atoms with E-state index in [1.54, 1.807) is 19.3 Å². The molecule has 0 aliphatic rings. The van der Waals surface area contributed by atoms with Gasteiger partial charge in [-0.3, -0.25) is 4.98 Å². The van der Waals surface area contributed by atoms with Crippen molar-refractivity contribution in [3.63, 3.8) is 0 Å². The predicted octanol–water partition coefficient (Wildman–Crippen LogP) is 1.18. The van der Waals surface area contributed by atoms with Crippen LogP contribution in [0.25, 0.3) is 0 Å². The van der Waals surface area contributed by atoms with Gasteiger partial charge in [-0.2, -0.15) is 0 Å². The molecule has 0 atom stereocenters. The number of hydrogen-bond donors (Lipinski definition) is 2. The lowest BCUT2D eigenvalue weighted by molar-refractivity contribution is 0.404. The molecule has 0 saturated heterocycles. The summed E-state index contributed by atoms with van der Waals surface area (Å²) in [6.45, 7) is 2.54. The molecule has 0 aliphatic carbocycles. The average Bonchev–Trinajstić information content (AvgIpc) is 2.88. The van der Waals surface area contributed by atoms with Gasteiger partial charge in [-0.1, -0.05) is 6.07 Å². The molecule has 108 valence electrons. The Balaban J connectivity index is 2.04. The zero-order valence-corrected chi connectivity index (χ0v) is 12.2. The largest absolute Gasteiger partial charge is 0.447 e. The minimum absolute atomic E-state index is 0.0807. The minimum Gasteiger partial charge on any atom is -0.447 e. The summed E-state index contributed by atoms with van der Waals surface area (Å²) in [6, 6.07) is 6.75. The monoisotopic (exact) mass is 295 g/mol. The fourth-order valence-electron chi connectivity index (χ4n) is 1.62. The Morgan fingerprint density at radius 2 is 2.00 bits per heavy atom. The van der Waals surface area contributed by atoms with Crippen molar-refractivity contribution < 1.29 is 12.8 Å². The SMILES string of the molecule is CNCc1ccc(S(=O)(=O)NCc2ccc(C)nc2)o1. The Morgan fingerprint density at radius 3 is 2.65 bits per heavy atom. The van der Waals surface area contributed by atoms with Crippen molar-refractivity contribution in [1.82, 2.24) is 15.0 Å². The second-order valence-electron chi connectivity index (χ2n) is 4.38. The van der Waals surface area contributed by atoms with E-state index >= 15 is 0 Å². The van der Waals surface area contributed by atoms with Gasteiger partial charge in [-0.15, -0.1) is 0 Å². The molecule has 2 aromatic heterocycles. The predicted molar refractivity (Wildman–Crippen MR) is 74.5 cm³/mol. The molecule has 0 aromatic carbocycles. The molecule has 20 heavy (non-hydrogen) atoms. The lowest BCUT2D eigenvalue weighted by atomic mass is 10.2. The molecule has 2 N–H and O–H groups in total. The highest BCUT2D eigenvalue weighted by Crippen LogP contribution is 2.14. The van der Waals surface area contributed by atoms with Crippen molar-refractivity contribution in [2.24, 2.45) is 0 Å². The fourth-order valence-corrected chi connectivity index (χ4v) is 2.59. The number of aromatic nitrogens is 1. The van der Waals surface area contributed by atoms with Gasteiger partial charge in [0.15, 0.2) is 0 Å². The van der Waals surface area contributed by atoms with Gasteiger partial charge in [-0.25, -0.2) is 13.1 Å². The number of nitrogens with one attached hydrogen (secondary N) is 2. The Hall–Kier alpha value is -1.70.